The monoisotopic (exact) mass is 766 g/mol. The second kappa shape index (κ2) is 19.0. The molecule has 9 nitrogen and oxygen atoms in total. The normalized spacial score (nSPS) is 11.8. The lowest BCUT2D eigenvalue weighted by Gasteiger charge is -2.24. The predicted molar refractivity (Wildman–Crippen MR) is 220 cm³/mol. The van der Waals surface area contributed by atoms with E-state index in [1.165, 1.54) is 6.26 Å². The van der Waals surface area contributed by atoms with Gasteiger partial charge in [-0.15, -0.1) is 0 Å². The molecule has 0 N–H and O–H groups in total. The van der Waals surface area contributed by atoms with E-state index in [0.29, 0.717) is 31.3 Å². The fourth-order valence-corrected chi connectivity index (χ4v) is 6.69. The van der Waals surface area contributed by atoms with Crippen molar-refractivity contribution >= 4 is 26.7 Å². The number of hydrogen-bond acceptors (Lipinski definition) is 8. The minimum Gasteiger partial charge on any atom is -0.492 e. The molecule has 0 bridgehead atoms. The molecule has 0 saturated carbocycles. The van der Waals surface area contributed by atoms with Gasteiger partial charge in [0.2, 0.25) is 0 Å². The van der Waals surface area contributed by atoms with E-state index in [0.717, 1.165) is 77.9 Å². The number of carbonyl (C=O) groups is 1. The van der Waals surface area contributed by atoms with Crippen LogP contribution in [-0.2, 0) is 21.2 Å². The number of sulfone groups is 1. The van der Waals surface area contributed by atoms with Crippen LogP contribution in [0.2, 0.25) is 0 Å². The van der Waals surface area contributed by atoms with Crippen LogP contribution in [0.1, 0.15) is 52.5 Å². The number of unbranched alkanes of at least 4 members (excludes halogenated alkanes) is 2. The van der Waals surface area contributed by atoms with E-state index in [9.17, 15) is 13.2 Å². The summed E-state index contributed by atoms with van der Waals surface area (Å²) in [6, 6.07) is 34.5. The molecule has 0 aliphatic carbocycles. The summed E-state index contributed by atoms with van der Waals surface area (Å²) in [5.41, 5.74) is 2.27. The Balaban J connectivity index is 1.21. The summed E-state index contributed by atoms with van der Waals surface area (Å²) >= 11 is 0. The van der Waals surface area contributed by atoms with Crippen molar-refractivity contribution < 1.29 is 32.2 Å². The third-order valence-corrected chi connectivity index (χ3v) is 10.3. The van der Waals surface area contributed by atoms with Crippen molar-refractivity contribution in [2.24, 2.45) is 0 Å². The second-order valence-electron chi connectivity index (χ2n) is 14.7. The van der Waals surface area contributed by atoms with E-state index in [2.05, 4.69) is 11.8 Å². The van der Waals surface area contributed by atoms with E-state index >= 15 is 0 Å². The number of ether oxygens (including phenoxy) is 4. The van der Waals surface area contributed by atoms with Crippen LogP contribution in [0.5, 0.6) is 23.0 Å². The summed E-state index contributed by atoms with van der Waals surface area (Å²) in [6.07, 6.45) is 3.92. The van der Waals surface area contributed by atoms with E-state index in [1.54, 1.807) is 24.1 Å². The van der Waals surface area contributed by atoms with Crippen LogP contribution in [0.4, 0.5) is 4.79 Å². The molecule has 0 atom stereocenters. The highest BCUT2D eigenvalue weighted by molar-refractivity contribution is 7.90. The molecule has 0 aliphatic heterocycles. The van der Waals surface area contributed by atoms with Crippen LogP contribution in [-0.4, -0.2) is 76.0 Å². The van der Waals surface area contributed by atoms with E-state index in [-0.39, 0.29) is 11.0 Å². The van der Waals surface area contributed by atoms with Crippen LogP contribution in [0.25, 0.3) is 21.9 Å². The summed E-state index contributed by atoms with van der Waals surface area (Å²) in [7, 11) is -1.55. The maximum Gasteiger partial charge on any atom is 0.410 e. The van der Waals surface area contributed by atoms with Gasteiger partial charge in [-0.1, -0.05) is 61.9 Å². The molecule has 5 aromatic carbocycles. The SMILES string of the molecule is CCN(CCCCCN(C)C(=O)OC(C)(C)C)CCOc1ccc(Oc2c(-c3ccc(S(C)(=O)=O)cc3)ccc3cc(OCc4ccccc4)ccc23)cc1. The smallest absolute Gasteiger partial charge is 0.410 e. The van der Waals surface area contributed by atoms with Gasteiger partial charge in [-0.05, 0) is 124 Å². The molecule has 0 aromatic heterocycles. The van der Waals surface area contributed by atoms with Gasteiger partial charge < -0.3 is 28.7 Å². The van der Waals surface area contributed by atoms with Crippen molar-refractivity contribution in [1.82, 2.24) is 9.80 Å². The molecule has 0 radical (unpaired) electrons. The maximum atomic E-state index is 12.2. The van der Waals surface area contributed by atoms with Crippen molar-refractivity contribution in [2.75, 3.05) is 46.1 Å². The lowest BCUT2D eigenvalue weighted by Crippen LogP contribution is -2.34. The fraction of sp³-hybridized carbons (Fsp3) is 0.356. The molecule has 0 saturated heterocycles. The van der Waals surface area contributed by atoms with E-state index in [4.69, 9.17) is 18.9 Å². The average Bonchev–Trinajstić information content (AvgIpc) is 3.16. The highest BCUT2D eigenvalue weighted by Gasteiger charge is 2.19. The minimum absolute atomic E-state index is 0.262. The molecule has 0 unspecified atom stereocenters. The van der Waals surface area contributed by atoms with Gasteiger partial charge >= 0.3 is 6.09 Å². The van der Waals surface area contributed by atoms with Gasteiger partial charge in [0.25, 0.3) is 0 Å². The summed E-state index contributed by atoms with van der Waals surface area (Å²) < 4.78 is 48.6. The Morgan fingerprint density at radius 3 is 2.07 bits per heavy atom. The molecule has 1 amide bonds. The van der Waals surface area contributed by atoms with Gasteiger partial charge in [0.15, 0.2) is 9.84 Å². The number of carbonyl (C=O) groups excluding carboxylic acids is 1. The summed E-state index contributed by atoms with van der Waals surface area (Å²) in [5.74, 6) is 2.80. The van der Waals surface area contributed by atoms with Gasteiger partial charge in [-0.2, -0.15) is 0 Å². The van der Waals surface area contributed by atoms with Crippen LogP contribution in [0.3, 0.4) is 0 Å². The molecule has 5 aromatic rings. The zero-order chi connectivity index (χ0) is 39.4. The van der Waals surface area contributed by atoms with Crippen LogP contribution in [0.15, 0.2) is 114 Å². The van der Waals surface area contributed by atoms with Gasteiger partial charge in [0.05, 0.1) is 4.90 Å². The zero-order valence-corrected chi connectivity index (χ0v) is 33.7. The first-order valence-electron chi connectivity index (χ1n) is 18.9. The molecular formula is C45H54N2O7S. The zero-order valence-electron chi connectivity index (χ0n) is 32.9. The Hall–Kier alpha value is -5.06. The Morgan fingerprint density at radius 2 is 1.40 bits per heavy atom. The second-order valence-corrected chi connectivity index (χ2v) is 16.7. The number of hydrogen-bond donors (Lipinski definition) is 0. The summed E-state index contributed by atoms with van der Waals surface area (Å²) in [4.78, 5) is 16.5. The van der Waals surface area contributed by atoms with Crippen molar-refractivity contribution in [3.63, 3.8) is 0 Å². The molecule has 0 heterocycles. The number of fused-ring (bicyclic) bond motifs is 1. The van der Waals surface area contributed by atoms with Gasteiger partial charge in [0, 0.05) is 37.3 Å². The largest absolute Gasteiger partial charge is 0.492 e. The van der Waals surface area contributed by atoms with Crippen molar-refractivity contribution in [3.8, 4) is 34.1 Å². The quantitative estimate of drug-likeness (QED) is 0.0814. The van der Waals surface area contributed by atoms with E-state index in [1.807, 2.05) is 118 Å². The number of amides is 1. The number of nitrogens with zero attached hydrogens (tertiary/aromatic N) is 2. The third kappa shape index (κ3) is 12.5. The predicted octanol–water partition coefficient (Wildman–Crippen LogP) is 10.0. The number of benzene rings is 5. The fourth-order valence-electron chi connectivity index (χ4n) is 6.06. The Morgan fingerprint density at radius 1 is 0.727 bits per heavy atom. The maximum absolute atomic E-state index is 12.2. The van der Waals surface area contributed by atoms with Crippen LogP contribution in [0, 0.1) is 0 Å². The number of likely N-dealkylation sites (N-methyl/N-ethyl adjacent to an activating group) is 1. The summed E-state index contributed by atoms with van der Waals surface area (Å²) in [6.45, 7) is 12.2. The Bertz CT molecular complexity index is 2100. The van der Waals surface area contributed by atoms with Gasteiger partial charge in [0.1, 0.15) is 41.8 Å². The first-order valence-corrected chi connectivity index (χ1v) is 20.8. The van der Waals surface area contributed by atoms with Crippen LogP contribution >= 0.6 is 0 Å². The first-order chi connectivity index (χ1) is 26.3. The molecule has 5 rings (SSSR count). The lowest BCUT2D eigenvalue weighted by molar-refractivity contribution is 0.0295. The summed E-state index contributed by atoms with van der Waals surface area (Å²) in [5, 5.41) is 1.84. The minimum atomic E-state index is -3.33. The topological polar surface area (TPSA) is 94.6 Å². The third-order valence-electron chi connectivity index (χ3n) is 9.12. The van der Waals surface area contributed by atoms with Crippen molar-refractivity contribution in [1.29, 1.82) is 0 Å². The average molecular weight is 767 g/mol. The molecular weight excluding hydrogens is 713 g/mol. The Labute approximate surface area is 326 Å². The highest BCUT2D eigenvalue weighted by Crippen LogP contribution is 2.41. The lowest BCUT2D eigenvalue weighted by atomic mass is 9.99. The molecule has 0 spiro atoms. The van der Waals surface area contributed by atoms with Crippen molar-refractivity contribution in [3.05, 3.63) is 115 Å². The van der Waals surface area contributed by atoms with Gasteiger partial charge in [-0.25, -0.2) is 13.2 Å². The molecule has 55 heavy (non-hydrogen) atoms. The molecule has 0 fully saturated rings. The standard InChI is InChI=1S/C45H54N2O7S/c1-7-47(29-13-9-12-28-46(5)44(48)54-45(2,3)4)30-31-51-37-19-21-38(22-20-37)53-43-41(35-16-24-40(25-17-35)55(6,49)50)26-18-36-32-39(23-27-42(36)43)52-33-34-14-10-8-11-15-34/h8,10-11,14-27,32H,7,9,12-13,28-31,33H2,1-6H3. The highest BCUT2D eigenvalue weighted by atomic mass is 32.2. The Kier molecular flexibility index (Phi) is 14.2. The van der Waals surface area contributed by atoms with E-state index < -0.39 is 15.4 Å². The van der Waals surface area contributed by atoms with Crippen molar-refractivity contribution in [2.45, 2.75) is 64.1 Å². The van der Waals surface area contributed by atoms with Gasteiger partial charge in [-0.3, -0.25) is 0 Å². The first kappa shape index (κ1) is 41.1. The van der Waals surface area contributed by atoms with Crippen LogP contribution < -0.4 is 14.2 Å². The molecule has 10 heteroatoms. The molecule has 0 aliphatic rings. The molecule has 292 valence electrons. The number of rotatable bonds is 18.